The number of para-hydroxylation sites is 1. The van der Waals surface area contributed by atoms with Crippen molar-refractivity contribution in [2.45, 2.75) is 12.8 Å². The molecular weight excluding hydrogens is 453 g/mol. The van der Waals surface area contributed by atoms with Crippen LogP contribution in [0, 0.1) is 5.82 Å². The normalized spacial score (nSPS) is 14.9. The molecule has 2 amide bonds. The summed E-state index contributed by atoms with van der Waals surface area (Å²) in [6.45, 7) is -0.451. The van der Waals surface area contributed by atoms with Crippen LogP contribution in [0.15, 0.2) is 83.9 Å². The summed E-state index contributed by atoms with van der Waals surface area (Å²) in [4.78, 5) is 43.7. The van der Waals surface area contributed by atoms with Gasteiger partial charge in [0, 0.05) is 11.1 Å². The van der Waals surface area contributed by atoms with Gasteiger partial charge in [-0.2, -0.15) is 0 Å². The number of rotatable bonds is 6. The van der Waals surface area contributed by atoms with Gasteiger partial charge in [0.05, 0.1) is 18.5 Å². The second kappa shape index (κ2) is 10.6. The Hall–Kier alpha value is -4.53. The fraction of sp³-hybridized carbons (Fsp3) is 0.154. The lowest BCUT2D eigenvalue weighted by Gasteiger charge is -2.24. The zero-order valence-electron chi connectivity index (χ0n) is 18.8. The number of carbonyl (C=O) groups excluding carboxylic acids is 3. The number of anilines is 1. The highest BCUT2D eigenvalue weighted by molar-refractivity contribution is 6.20. The molecule has 0 spiro atoms. The lowest BCUT2D eigenvalue weighted by Crippen LogP contribution is -2.49. The van der Waals surface area contributed by atoms with Crippen molar-refractivity contribution >= 4 is 29.4 Å². The highest BCUT2D eigenvalue weighted by Crippen LogP contribution is 2.29. The van der Waals surface area contributed by atoms with Crippen LogP contribution in [0.1, 0.15) is 16.7 Å². The van der Waals surface area contributed by atoms with Crippen molar-refractivity contribution < 1.29 is 28.2 Å². The number of esters is 1. The summed E-state index contributed by atoms with van der Waals surface area (Å²) < 4.78 is 24.8. The zero-order valence-corrected chi connectivity index (χ0v) is 18.8. The SMILES string of the molecule is COC(=O)CN1C(=O)[C@@H](NC(=O)OCc2ccccc2)N=C(c2ccccc2F)c2ccccc21. The van der Waals surface area contributed by atoms with Crippen molar-refractivity contribution in [3.63, 3.8) is 0 Å². The summed E-state index contributed by atoms with van der Waals surface area (Å²) in [5.74, 6) is -1.93. The fourth-order valence-electron chi connectivity index (χ4n) is 3.62. The van der Waals surface area contributed by atoms with Crippen LogP contribution in [0.5, 0.6) is 0 Å². The number of hydrogen-bond donors (Lipinski definition) is 1. The lowest BCUT2D eigenvalue weighted by molar-refractivity contribution is -0.140. The molecule has 178 valence electrons. The van der Waals surface area contributed by atoms with Crippen LogP contribution >= 0.6 is 0 Å². The summed E-state index contributed by atoms with van der Waals surface area (Å²) >= 11 is 0. The van der Waals surface area contributed by atoms with Crippen LogP contribution in [0.3, 0.4) is 0 Å². The predicted molar refractivity (Wildman–Crippen MR) is 126 cm³/mol. The molecule has 4 rings (SSSR count). The van der Waals surface area contributed by atoms with Crippen molar-refractivity contribution in [2.75, 3.05) is 18.6 Å². The molecule has 3 aromatic carbocycles. The molecule has 0 fully saturated rings. The molecule has 0 bridgehead atoms. The van der Waals surface area contributed by atoms with Crippen LogP contribution in [0.25, 0.3) is 0 Å². The minimum Gasteiger partial charge on any atom is -0.468 e. The van der Waals surface area contributed by atoms with Gasteiger partial charge in [0.1, 0.15) is 19.0 Å². The number of nitrogens with one attached hydrogen (secondary N) is 1. The Morgan fingerprint density at radius 3 is 2.34 bits per heavy atom. The zero-order chi connectivity index (χ0) is 24.8. The van der Waals surface area contributed by atoms with Gasteiger partial charge < -0.3 is 9.47 Å². The molecule has 0 saturated carbocycles. The fourth-order valence-corrected chi connectivity index (χ4v) is 3.62. The van der Waals surface area contributed by atoms with E-state index in [4.69, 9.17) is 9.47 Å². The summed E-state index contributed by atoms with van der Waals surface area (Å²) in [5.41, 5.74) is 1.78. The maximum Gasteiger partial charge on any atom is 0.409 e. The molecule has 1 aliphatic rings. The number of benzene rings is 3. The number of carbonyl (C=O) groups is 3. The summed E-state index contributed by atoms with van der Waals surface area (Å²) in [5, 5.41) is 2.44. The number of amides is 2. The molecule has 0 aliphatic carbocycles. The Bertz CT molecular complexity index is 1280. The van der Waals surface area contributed by atoms with Crippen molar-refractivity contribution in [1.29, 1.82) is 0 Å². The molecule has 3 aromatic rings. The maximum absolute atomic E-state index is 14.8. The van der Waals surface area contributed by atoms with E-state index in [1.165, 1.54) is 25.3 Å². The monoisotopic (exact) mass is 475 g/mol. The van der Waals surface area contributed by atoms with Crippen molar-refractivity contribution in [2.24, 2.45) is 4.99 Å². The van der Waals surface area contributed by atoms with Crippen molar-refractivity contribution in [3.05, 3.63) is 101 Å². The first kappa shape index (κ1) is 23.6. The van der Waals surface area contributed by atoms with E-state index in [0.717, 1.165) is 10.5 Å². The van der Waals surface area contributed by atoms with Gasteiger partial charge in [-0.1, -0.05) is 60.7 Å². The minimum atomic E-state index is -1.48. The van der Waals surface area contributed by atoms with E-state index in [9.17, 15) is 18.8 Å². The first-order valence-electron chi connectivity index (χ1n) is 10.8. The van der Waals surface area contributed by atoms with Crippen LogP contribution in [0.2, 0.25) is 0 Å². The van der Waals surface area contributed by atoms with E-state index in [1.807, 2.05) is 6.07 Å². The molecular formula is C26H22FN3O5. The Balaban J connectivity index is 1.72. The van der Waals surface area contributed by atoms with E-state index >= 15 is 0 Å². The van der Waals surface area contributed by atoms with Crippen LogP contribution in [-0.4, -0.2) is 43.5 Å². The van der Waals surface area contributed by atoms with Crippen molar-refractivity contribution in [3.8, 4) is 0 Å². The van der Waals surface area contributed by atoms with Crippen LogP contribution < -0.4 is 10.2 Å². The quantitative estimate of drug-likeness (QED) is 0.551. The van der Waals surface area contributed by atoms with Gasteiger partial charge in [-0.25, -0.2) is 14.2 Å². The Labute approximate surface area is 201 Å². The van der Waals surface area contributed by atoms with E-state index in [2.05, 4.69) is 10.3 Å². The van der Waals surface area contributed by atoms with Gasteiger partial charge in [0.25, 0.3) is 5.91 Å². The maximum atomic E-state index is 14.8. The molecule has 1 heterocycles. The molecule has 0 unspecified atom stereocenters. The molecule has 0 aromatic heterocycles. The second-order valence-electron chi connectivity index (χ2n) is 7.58. The average molecular weight is 475 g/mol. The van der Waals surface area contributed by atoms with Crippen molar-refractivity contribution in [1.82, 2.24) is 5.32 Å². The number of alkyl carbamates (subject to hydrolysis) is 1. The number of hydrogen-bond acceptors (Lipinski definition) is 6. The van der Waals surface area contributed by atoms with Gasteiger partial charge in [-0.15, -0.1) is 0 Å². The van der Waals surface area contributed by atoms with Gasteiger partial charge in [-0.3, -0.25) is 19.8 Å². The number of aliphatic imine (C=N–C) groups is 1. The number of nitrogens with zero attached hydrogens (tertiary/aromatic N) is 2. The van der Waals surface area contributed by atoms with Crippen LogP contribution in [-0.2, 0) is 25.7 Å². The summed E-state index contributed by atoms with van der Waals surface area (Å²) in [6, 6.07) is 21.6. The Morgan fingerprint density at radius 2 is 1.63 bits per heavy atom. The van der Waals surface area contributed by atoms with Gasteiger partial charge in [-0.05, 0) is 23.8 Å². The first-order chi connectivity index (χ1) is 17.0. The lowest BCUT2D eigenvalue weighted by atomic mass is 10.00. The summed E-state index contributed by atoms with van der Waals surface area (Å²) in [6.07, 6.45) is -2.38. The Morgan fingerprint density at radius 1 is 0.971 bits per heavy atom. The molecule has 8 nitrogen and oxygen atoms in total. The van der Waals surface area contributed by atoms with Gasteiger partial charge >= 0.3 is 12.1 Å². The molecule has 1 N–H and O–H groups in total. The molecule has 1 aliphatic heterocycles. The largest absolute Gasteiger partial charge is 0.468 e. The van der Waals surface area contributed by atoms with E-state index in [0.29, 0.717) is 11.3 Å². The molecule has 0 radical (unpaired) electrons. The third-order valence-corrected chi connectivity index (χ3v) is 5.32. The third-order valence-electron chi connectivity index (χ3n) is 5.32. The standard InChI is InChI=1S/C26H22FN3O5/c1-34-22(31)15-30-21-14-8-6-12-19(21)23(18-11-5-7-13-20(18)27)28-24(25(30)32)29-26(33)35-16-17-9-3-2-4-10-17/h2-14,24H,15-16H2,1H3,(H,29,33)/t24-/m1/s1. The van der Waals surface area contributed by atoms with E-state index in [-0.39, 0.29) is 17.9 Å². The summed E-state index contributed by atoms with van der Waals surface area (Å²) in [7, 11) is 1.20. The number of halogens is 1. The molecule has 0 saturated heterocycles. The highest BCUT2D eigenvalue weighted by atomic mass is 19.1. The van der Waals surface area contributed by atoms with Gasteiger partial charge in [0.2, 0.25) is 6.17 Å². The van der Waals surface area contributed by atoms with E-state index in [1.54, 1.807) is 54.6 Å². The minimum absolute atomic E-state index is 0.0242. The smallest absolute Gasteiger partial charge is 0.409 e. The number of benzodiazepines with no additional fused rings is 1. The van der Waals surface area contributed by atoms with Crippen LogP contribution in [0.4, 0.5) is 14.9 Å². The molecule has 9 heteroatoms. The number of ether oxygens (including phenoxy) is 2. The second-order valence-corrected chi connectivity index (χ2v) is 7.58. The van der Waals surface area contributed by atoms with Gasteiger partial charge in [0.15, 0.2) is 0 Å². The third kappa shape index (κ3) is 5.35. The topological polar surface area (TPSA) is 97.3 Å². The average Bonchev–Trinajstić information content (AvgIpc) is 2.99. The molecule has 35 heavy (non-hydrogen) atoms. The Kier molecular flexibility index (Phi) is 7.15. The van der Waals surface area contributed by atoms with E-state index < -0.39 is 36.5 Å². The number of fused-ring (bicyclic) bond motifs is 1. The molecule has 1 atom stereocenters. The predicted octanol–water partition coefficient (Wildman–Crippen LogP) is 3.44. The highest BCUT2D eigenvalue weighted by Gasteiger charge is 2.35. The number of methoxy groups -OCH3 is 1. The first-order valence-corrected chi connectivity index (χ1v) is 10.8.